The van der Waals surface area contributed by atoms with Gasteiger partial charge in [-0.15, -0.1) is 0 Å². The molecule has 3 aromatic carbocycles. The van der Waals surface area contributed by atoms with Gasteiger partial charge in [-0.25, -0.2) is 14.6 Å². The third-order valence-corrected chi connectivity index (χ3v) is 8.29. The second kappa shape index (κ2) is 13.7. The summed E-state index contributed by atoms with van der Waals surface area (Å²) in [7, 11) is 4.49. The Morgan fingerprint density at radius 3 is 2.20 bits per heavy atom. The Kier molecular flexibility index (Phi) is 9.57. The highest BCUT2D eigenvalue weighted by Gasteiger charge is 2.34. The van der Waals surface area contributed by atoms with E-state index < -0.39 is 18.0 Å². The van der Waals surface area contributed by atoms with Crippen molar-refractivity contribution in [1.82, 2.24) is 4.57 Å². The molecule has 0 unspecified atom stereocenters. The van der Waals surface area contributed by atoms with Gasteiger partial charge in [-0.05, 0) is 73.0 Å². The zero-order valence-electron chi connectivity index (χ0n) is 25.9. The van der Waals surface area contributed by atoms with E-state index in [9.17, 15) is 14.4 Å². The first kappa shape index (κ1) is 32.0. The van der Waals surface area contributed by atoms with E-state index in [1.165, 1.54) is 49.4 Å². The highest BCUT2D eigenvalue weighted by Crippen LogP contribution is 2.42. The van der Waals surface area contributed by atoms with Crippen LogP contribution in [0.1, 0.15) is 46.9 Å². The molecule has 1 aliphatic rings. The molecule has 1 atom stereocenters. The third kappa shape index (κ3) is 6.38. The SMILES string of the molecule is CCOC(=O)C1=C(C)N=c2s/c(=C/c3ccc(OCc4ccc(C(=O)O)cc4)cc3)c(=O)n2[C@@H]1c1cc(OC)c(OC)c(OC)c1. The summed E-state index contributed by atoms with van der Waals surface area (Å²) in [4.78, 5) is 43.4. The predicted octanol–water partition coefficient (Wildman–Crippen LogP) is 4.10. The number of benzene rings is 3. The van der Waals surface area contributed by atoms with Crippen LogP contribution in [-0.4, -0.2) is 49.5 Å². The summed E-state index contributed by atoms with van der Waals surface area (Å²) in [5, 5.41) is 9.07. The minimum absolute atomic E-state index is 0.152. The number of methoxy groups -OCH3 is 3. The van der Waals surface area contributed by atoms with Gasteiger partial charge in [0.15, 0.2) is 16.3 Å². The Morgan fingerprint density at radius 1 is 0.978 bits per heavy atom. The van der Waals surface area contributed by atoms with Crippen molar-refractivity contribution in [2.75, 3.05) is 27.9 Å². The number of aromatic nitrogens is 1. The van der Waals surface area contributed by atoms with E-state index in [1.54, 1.807) is 56.3 Å². The summed E-state index contributed by atoms with van der Waals surface area (Å²) in [6, 6.07) is 16.3. The normalized spacial score (nSPS) is 14.3. The molecule has 0 fully saturated rings. The van der Waals surface area contributed by atoms with Crippen LogP contribution in [0.15, 0.2) is 81.7 Å². The lowest BCUT2D eigenvalue weighted by Crippen LogP contribution is -2.40. The minimum Gasteiger partial charge on any atom is -0.493 e. The maximum atomic E-state index is 14.0. The zero-order chi connectivity index (χ0) is 33.0. The molecule has 5 rings (SSSR count). The molecule has 1 aromatic heterocycles. The van der Waals surface area contributed by atoms with Crippen molar-refractivity contribution in [1.29, 1.82) is 0 Å². The van der Waals surface area contributed by atoms with E-state index in [2.05, 4.69) is 4.99 Å². The van der Waals surface area contributed by atoms with Crippen LogP contribution in [0.5, 0.6) is 23.0 Å². The maximum absolute atomic E-state index is 14.0. The molecule has 12 heteroatoms. The number of hydrogen-bond acceptors (Lipinski definition) is 10. The number of carbonyl (C=O) groups is 2. The quantitative estimate of drug-likeness (QED) is 0.240. The number of hydrogen-bond donors (Lipinski definition) is 1. The molecule has 46 heavy (non-hydrogen) atoms. The lowest BCUT2D eigenvalue weighted by Gasteiger charge is -2.26. The fourth-order valence-corrected chi connectivity index (χ4v) is 6.13. The van der Waals surface area contributed by atoms with E-state index in [0.717, 1.165) is 11.1 Å². The standard InChI is InChI=1S/C34H32N2O9S/c1-6-44-33(40)28-19(2)35-34-36(29(28)23-16-25(41-3)30(43-5)26(17-23)42-4)31(37)27(46-34)15-20-9-13-24(14-10-20)45-18-21-7-11-22(12-8-21)32(38)39/h7-17,29H,6,18H2,1-5H3,(H,38,39)/b27-15+/t29-/m1/s1. The van der Waals surface area contributed by atoms with Crippen molar-refractivity contribution < 1.29 is 38.4 Å². The van der Waals surface area contributed by atoms with Gasteiger partial charge in [0, 0.05) is 0 Å². The number of fused-ring (bicyclic) bond motifs is 1. The van der Waals surface area contributed by atoms with Crippen molar-refractivity contribution in [3.05, 3.63) is 114 Å². The first-order chi connectivity index (χ1) is 22.2. The van der Waals surface area contributed by atoms with Crippen LogP contribution in [0.4, 0.5) is 0 Å². The molecule has 238 valence electrons. The molecular weight excluding hydrogens is 612 g/mol. The van der Waals surface area contributed by atoms with Crippen LogP contribution in [-0.2, 0) is 16.1 Å². The third-order valence-electron chi connectivity index (χ3n) is 7.30. The smallest absolute Gasteiger partial charge is 0.338 e. The van der Waals surface area contributed by atoms with Crippen LogP contribution >= 0.6 is 11.3 Å². The Bertz CT molecular complexity index is 1970. The van der Waals surface area contributed by atoms with Gasteiger partial charge in [-0.2, -0.15) is 0 Å². The number of nitrogens with zero attached hydrogens (tertiary/aromatic N) is 2. The molecule has 0 saturated heterocycles. The summed E-state index contributed by atoms with van der Waals surface area (Å²) < 4.78 is 29.8. The molecule has 0 saturated carbocycles. The number of carboxylic acids is 1. The average molecular weight is 645 g/mol. The lowest BCUT2D eigenvalue weighted by molar-refractivity contribution is -0.139. The number of carboxylic acid groups (broad SMARTS) is 1. The number of allylic oxidation sites excluding steroid dienone is 1. The van der Waals surface area contributed by atoms with E-state index in [1.807, 2.05) is 12.1 Å². The number of esters is 1. The zero-order valence-corrected chi connectivity index (χ0v) is 26.7. The van der Waals surface area contributed by atoms with Crippen LogP contribution in [0, 0.1) is 0 Å². The average Bonchev–Trinajstić information content (AvgIpc) is 3.36. The molecule has 11 nitrogen and oxygen atoms in total. The number of thiazole rings is 1. The molecular formula is C34H32N2O9S. The summed E-state index contributed by atoms with van der Waals surface area (Å²) in [6.45, 7) is 3.85. The fraction of sp³-hybridized carbons (Fsp3) is 0.235. The molecule has 0 amide bonds. The lowest BCUT2D eigenvalue weighted by atomic mass is 9.95. The summed E-state index contributed by atoms with van der Waals surface area (Å²) in [6.07, 6.45) is 1.76. The van der Waals surface area contributed by atoms with E-state index in [0.29, 0.717) is 43.6 Å². The second-order valence-corrected chi connectivity index (χ2v) is 11.1. The van der Waals surface area contributed by atoms with Crippen molar-refractivity contribution in [2.24, 2.45) is 4.99 Å². The van der Waals surface area contributed by atoms with Gasteiger partial charge in [0.25, 0.3) is 5.56 Å². The monoisotopic (exact) mass is 644 g/mol. The topological polar surface area (TPSA) is 135 Å². The first-order valence-electron chi connectivity index (χ1n) is 14.2. The predicted molar refractivity (Wildman–Crippen MR) is 171 cm³/mol. The van der Waals surface area contributed by atoms with Gasteiger partial charge in [0.1, 0.15) is 12.4 Å². The molecule has 0 spiro atoms. The van der Waals surface area contributed by atoms with Gasteiger partial charge in [0.05, 0.1) is 55.3 Å². The molecule has 1 N–H and O–H groups in total. The van der Waals surface area contributed by atoms with Crippen molar-refractivity contribution in [2.45, 2.75) is 26.5 Å². The van der Waals surface area contributed by atoms with Gasteiger partial charge in [0.2, 0.25) is 5.75 Å². The fourth-order valence-electron chi connectivity index (χ4n) is 5.09. The van der Waals surface area contributed by atoms with Crippen molar-refractivity contribution >= 4 is 29.4 Å². The second-order valence-electron chi connectivity index (χ2n) is 10.1. The Morgan fingerprint density at radius 2 is 1.63 bits per heavy atom. The summed E-state index contributed by atoms with van der Waals surface area (Å²) in [5.41, 5.74) is 2.68. The highest BCUT2D eigenvalue weighted by atomic mass is 32.1. The molecule has 1 aliphatic heterocycles. The van der Waals surface area contributed by atoms with Gasteiger partial charge >= 0.3 is 11.9 Å². The van der Waals surface area contributed by atoms with Gasteiger partial charge in [-0.3, -0.25) is 9.36 Å². The number of aromatic carboxylic acids is 1. The number of carbonyl (C=O) groups excluding carboxylic acids is 1. The summed E-state index contributed by atoms with van der Waals surface area (Å²) >= 11 is 1.21. The summed E-state index contributed by atoms with van der Waals surface area (Å²) in [5.74, 6) is 0.167. The van der Waals surface area contributed by atoms with E-state index >= 15 is 0 Å². The van der Waals surface area contributed by atoms with Crippen LogP contribution in [0.25, 0.3) is 6.08 Å². The Balaban J connectivity index is 1.51. The van der Waals surface area contributed by atoms with Gasteiger partial charge in [-0.1, -0.05) is 35.6 Å². The van der Waals surface area contributed by atoms with E-state index in [-0.39, 0.29) is 29.9 Å². The first-order valence-corrected chi connectivity index (χ1v) is 15.0. The van der Waals surface area contributed by atoms with E-state index in [4.69, 9.17) is 28.8 Å². The van der Waals surface area contributed by atoms with Crippen LogP contribution < -0.4 is 33.8 Å². The number of rotatable bonds is 11. The maximum Gasteiger partial charge on any atom is 0.338 e. The van der Waals surface area contributed by atoms with Crippen molar-refractivity contribution in [3.8, 4) is 23.0 Å². The molecule has 0 bridgehead atoms. The minimum atomic E-state index is -0.984. The highest BCUT2D eigenvalue weighted by molar-refractivity contribution is 7.07. The molecule has 0 radical (unpaired) electrons. The molecule has 4 aromatic rings. The molecule has 2 heterocycles. The van der Waals surface area contributed by atoms with Crippen molar-refractivity contribution in [3.63, 3.8) is 0 Å². The van der Waals surface area contributed by atoms with Crippen LogP contribution in [0.3, 0.4) is 0 Å². The van der Waals surface area contributed by atoms with Crippen LogP contribution in [0.2, 0.25) is 0 Å². The number of ether oxygens (including phenoxy) is 5. The Labute approximate surface area is 268 Å². The Hall–Kier alpha value is -5.36. The molecule has 0 aliphatic carbocycles. The van der Waals surface area contributed by atoms with Gasteiger partial charge < -0.3 is 28.8 Å². The largest absolute Gasteiger partial charge is 0.493 e.